The van der Waals surface area contributed by atoms with Crippen molar-refractivity contribution in [3.05, 3.63) is 17.2 Å². The molecule has 2 aromatic rings. The molecule has 0 atom stereocenters. The summed E-state index contributed by atoms with van der Waals surface area (Å²) in [5.74, 6) is 0. The third-order valence-corrected chi connectivity index (χ3v) is 3.86. The van der Waals surface area contributed by atoms with Crippen molar-refractivity contribution in [2.24, 2.45) is 0 Å². The van der Waals surface area contributed by atoms with Crippen molar-refractivity contribution in [1.82, 2.24) is 13.6 Å². The van der Waals surface area contributed by atoms with Gasteiger partial charge in [0.05, 0.1) is 22.4 Å². The number of benzene rings is 1. The van der Waals surface area contributed by atoms with Crippen molar-refractivity contribution in [3.8, 4) is 0 Å². The Morgan fingerprint density at radius 3 is 2.89 bits per heavy atom. The number of hydrogen-bond acceptors (Lipinski definition) is 4. The summed E-state index contributed by atoms with van der Waals surface area (Å²) in [6, 6.07) is 3.41. The molecule has 7 heteroatoms. The number of nitrogens with zero attached hydrogens (tertiary/aromatic N) is 3. The number of rotatable bonds is 1. The van der Waals surface area contributed by atoms with Crippen LogP contribution in [-0.4, -0.2) is 32.8 Å². The summed E-state index contributed by atoms with van der Waals surface area (Å²) in [4.78, 5) is 13.8. The Labute approximate surface area is 113 Å². The quantitative estimate of drug-likeness (QED) is 0.875. The lowest BCUT2D eigenvalue weighted by atomic mass is 10.2. The van der Waals surface area contributed by atoms with Gasteiger partial charge in [0.2, 0.25) is 0 Å². The van der Waals surface area contributed by atoms with Crippen LogP contribution in [0.1, 0.15) is 12.8 Å². The minimum absolute atomic E-state index is 0.116. The molecule has 1 fully saturated rings. The molecule has 2 amide bonds. The van der Waals surface area contributed by atoms with Crippen molar-refractivity contribution in [2.75, 3.05) is 18.4 Å². The Morgan fingerprint density at radius 1 is 1.33 bits per heavy atom. The minimum Gasteiger partial charge on any atom is -0.325 e. The van der Waals surface area contributed by atoms with E-state index in [9.17, 15) is 4.79 Å². The monoisotopic (exact) mass is 282 g/mol. The SMILES string of the molecule is O=C(Nc1c(Cl)ccc2nsnc12)N1CCCC1. The lowest BCUT2D eigenvalue weighted by Gasteiger charge is -2.16. The predicted octanol–water partition coefficient (Wildman–Crippen LogP) is 2.97. The normalized spacial score (nSPS) is 15.3. The maximum atomic E-state index is 12.0. The number of halogens is 1. The van der Waals surface area contributed by atoms with E-state index in [-0.39, 0.29) is 6.03 Å². The van der Waals surface area contributed by atoms with Crippen LogP contribution in [0.15, 0.2) is 12.1 Å². The van der Waals surface area contributed by atoms with E-state index in [4.69, 9.17) is 11.6 Å². The molecular weight excluding hydrogens is 272 g/mol. The van der Waals surface area contributed by atoms with Crippen molar-refractivity contribution in [3.63, 3.8) is 0 Å². The maximum Gasteiger partial charge on any atom is 0.321 e. The van der Waals surface area contributed by atoms with E-state index in [1.807, 2.05) is 0 Å². The van der Waals surface area contributed by atoms with E-state index >= 15 is 0 Å². The zero-order valence-electron chi connectivity index (χ0n) is 9.52. The second kappa shape index (κ2) is 4.70. The molecule has 1 saturated heterocycles. The summed E-state index contributed by atoms with van der Waals surface area (Å²) in [6.07, 6.45) is 2.12. The Bertz CT molecular complexity index is 594. The van der Waals surface area contributed by atoms with Crippen molar-refractivity contribution >= 4 is 46.1 Å². The predicted molar refractivity (Wildman–Crippen MR) is 72.3 cm³/mol. The first-order valence-electron chi connectivity index (χ1n) is 5.72. The van der Waals surface area contributed by atoms with E-state index in [0.717, 1.165) is 43.2 Å². The van der Waals surface area contributed by atoms with Gasteiger partial charge in [0.15, 0.2) is 0 Å². The first kappa shape index (κ1) is 11.7. The average Bonchev–Trinajstić information content (AvgIpc) is 3.02. The number of amides is 2. The zero-order chi connectivity index (χ0) is 12.5. The highest BCUT2D eigenvalue weighted by Crippen LogP contribution is 2.30. The smallest absolute Gasteiger partial charge is 0.321 e. The number of aromatic nitrogens is 2. The summed E-state index contributed by atoms with van der Waals surface area (Å²) < 4.78 is 8.30. The van der Waals surface area contributed by atoms with Gasteiger partial charge in [-0.2, -0.15) is 8.75 Å². The van der Waals surface area contributed by atoms with Crippen LogP contribution in [-0.2, 0) is 0 Å². The van der Waals surface area contributed by atoms with Gasteiger partial charge in [0.25, 0.3) is 0 Å². The topological polar surface area (TPSA) is 58.1 Å². The van der Waals surface area contributed by atoms with E-state index in [1.54, 1.807) is 17.0 Å². The molecule has 18 heavy (non-hydrogen) atoms. The zero-order valence-corrected chi connectivity index (χ0v) is 11.1. The molecule has 0 unspecified atom stereocenters. The number of hydrogen-bond donors (Lipinski definition) is 1. The maximum absolute atomic E-state index is 12.0. The fraction of sp³-hybridized carbons (Fsp3) is 0.364. The van der Waals surface area contributed by atoms with Gasteiger partial charge in [-0.15, -0.1) is 0 Å². The number of fused-ring (bicyclic) bond motifs is 1. The van der Waals surface area contributed by atoms with Crippen molar-refractivity contribution in [1.29, 1.82) is 0 Å². The second-order valence-corrected chi connectivity index (χ2v) is 5.11. The van der Waals surface area contributed by atoms with Gasteiger partial charge in [-0.25, -0.2) is 4.79 Å². The lowest BCUT2D eigenvalue weighted by Crippen LogP contribution is -2.32. The van der Waals surface area contributed by atoms with E-state index in [2.05, 4.69) is 14.1 Å². The van der Waals surface area contributed by atoms with E-state index in [0.29, 0.717) is 16.2 Å². The highest BCUT2D eigenvalue weighted by molar-refractivity contribution is 7.00. The first-order valence-corrected chi connectivity index (χ1v) is 6.83. The second-order valence-electron chi connectivity index (χ2n) is 4.18. The highest BCUT2D eigenvalue weighted by Gasteiger charge is 2.20. The molecule has 2 heterocycles. The highest BCUT2D eigenvalue weighted by atomic mass is 35.5. The summed E-state index contributed by atoms with van der Waals surface area (Å²) in [5.41, 5.74) is 1.96. The first-order chi connectivity index (χ1) is 8.75. The van der Waals surface area contributed by atoms with Gasteiger partial charge in [-0.1, -0.05) is 11.6 Å². The van der Waals surface area contributed by atoms with Gasteiger partial charge < -0.3 is 10.2 Å². The molecule has 1 aromatic heterocycles. The molecule has 0 radical (unpaired) electrons. The molecule has 94 valence electrons. The number of carbonyl (C=O) groups excluding carboxylic acids is 1. The molecule has 0 bridgehead atoms. The van der Waals surface area contributed by atoms with Crippen molar-refractivity contribution < 1.29 is 4.79 Å². The van der Waals surface area contributed by atoms with E-state index in [1.165, 1.54) is 0 Å². The van der Waals surface area contributed by atoms with Gasteiger partial charge in [0, 0.05) is 13.1 Å². The van der Waals surface area contributed by atoms with Crippen LogP contribution >= 0.6 is 23.3 Å². The Morgan fingerprint density at radius 2 is 2.11 bits per heavy atom. The summed E-state index contributed by atoms with van der Waals surface area (Å²) in [7, 11) is 0. The third kappa shape index (κ3) is 2.02. The fourth-order valence-electron chi connectivity index (χ4n) is 2.05. The van der Waals surface area contributed by atoms with Crippen LogP contribution in [0.2, 0.25) is 5.02 Å². The van der Waals surface area contributed by atoms with Gasteiger partial charge >= 0.3 is 6.03 Å². The van der Waals surface area contributed by atoms with Crippen LogP contribution in [0.3, 0.4) is 0 Å². The summed E-state index contributed by atoms with van der Waals surface area (Å²) in [5, 5.41) is 3.33. The summed E-state index contributed by atoms with van der Waals surface area (Å²) in [6.45, 7) is 1.60. The molecule has 0 aliphatic carbocycles. The standard InChI is InChI=1S/C11H11ClN4OS/c12-7-3-4-8-10(15-18-14-8)9(7)13-11(17)16-5-1-2-6-16/h3-4H,1-2,5-6H2,(H,13,17). The lowest BCUT2D eigenvalue weighted by molar-refractivity contribution is 0.222. The average molecular weight is 283 g/mol. The number of urea groups is 1. The van der Waals surface area contributed by atoms with Crippen LogP contribution < -0.4 is 5.32 Å². The van der Waals surface area contributed by atoms with Crippen LogP contribution in [0.5, 0.6) is 0 Å². The Kier molecular flexibility index (Phi) is 3.05. The molecule has 1 aromatic carbocycles. The Hall–Kier alpha value is -1.40. The molecule has 0 saturated carbocycles. The number of anilines is 1. The van der Waals surface area contributed by atoms with Crippen molar-refractivity contribution in [2.45, 2.75) is 12.8 Å². The number of carbonyl (C=O) groups is 1. The van der Waals surface area contributed by atoms with Crippen LogP contribution in [0.4, 0.5) is 10.5 Å². The molecular formula is C11H11ClN4OS. The molecule has 3 rings (SSSR count). The Balaban J connectivity index is 1.91. The molecule has 5 nitrogen and oxygen atoms in total. The third-order valence-electron chi connectivity index (χ3n) is 3.00. The molecule has 1 aliphatic rings. The van der Waals surface area contributed by atoms with Gasteiger partial charge in [0.1, 0.15) is 11.0 Å². The number of nitrogens with one attached hydrogen (secondary N) is 1. The molecule has 0 spiro atoms. The minimum atomic E-state index is -0.116. The number of likely N-dealkylation sites (tertiary alicyclic amines) is 1. The largest absolute Gasteiger partial charge is 0.325 e. The van der Waals surface area contributed by atoms with Gasteiger partial charge in [-0.3, -0.25) is 0 Å². The molecule has 1 N–H and O–H groups in total. The van der Waals surface area contributed by atoms with Gasteiger partial charge in [-0.05, 0) is 25.0 Å². The van der Waals surface area contributed by atoms with Crippen LogP contribution in [0, 0.1) is 0 Å². The summed E-state index contributed by atoms with van der Waals surface area (Å²) >= 11 is 7.23. The fourth-order valence-corrected chi connectivity index (χ4v) is 2.79. The molecule has 1 aliphatic heterocycles. The van der Waals surface area contributed by atoms with E-state index < -0.39 is 0 Å². The van der Waals surface area contributed by atoms with Crippen LogP contribution in [0.25, 0.3) is 11.0 Å².